The third-order valence-electron chi connectivity index (χ3n) is 2.86. The van der Waals surface area contributed by atoms with Gasteiger partial charge >= 0.3 is 0 Å². The molecule has 0 spiro atoms. The molecular formula is C10H17N3O3S. The average molecular weight is 259 g/mol. The smallest absolute Gasteiger partial charge is 0.292 e. The van der Waals surface area contributed by atoms with Crippen LogP contribution in [0.4, 0.5) is 6.01 Å². The maximum atomic E-state index is 12.0. The molecule has 0 aliphatic carbocycles. The molecule has 1 aliphatic rings. The highest BCUT2D eigenvalue weighted by Gasteiger charge is 2.29. The molecule has 0 bridgehead atoms. The Bertz CT molecular complexity index is 495. The van der Waals surface area contributed by atoms with Gasteiger partial charge in [-0.3, -0.25) is 0 Å². The molecule has 7 heteroatoms. The van der Waals surface area contributed by atoms with Gasteiger partial charge in [-0.05, 0) is 6.42 Å². The average Bonchev–Trinajstić information content (AvgIpc) is 2.65. The summed E-state index contributed by atoms with van der Waals surface area (Å²) in [6.07, 6.45) is 2.12. The van der Waals surface area contributed by atoms with E-state index in [9.17, 15) is 8.42 Å². The molecule has 0 aromatic carbocycles. The van der Waals surface area contributed by atoms with E-state index in [0.717, 1.165) is 12.1 Å². The molecule has 17 heavy (non-hydrogen) atoms. The molecule has 0 saturated carbocycles. The number of hydrogen-bond acceptors (Lipinski definition) is 5. The highest BCUT2D eigenvalue weighted by molar-refractivity contribution is 7.89. The summed E-state index contributed by atoms with van der Waals surface area (Å²) in [6, 6.07) is 0.114. The van der Waals surface area contributed by atoms with Crippen LogP contribution in [0.15, 0.2) is 4.42 Å². The van der Waals surface area contributed by atoms with Gasteiger partial charge < -0.3 is 10.2 Å². The second-order valence-corrected chi connectivity index (χ2v) is 6.26. The highest BCUT2D eigenvalue weighted by Crippen LogP contribution is 2.23. The van der Waals surface area contributed by atoms with E-state index in [-0.39, 0.29) is 18.3 Å². The summed E-state index contributed by atoms with van der Waals surface area (Å²) >= 11 is 0. The Balaban J connectivity index is 2.11. The Morgan fingerprint density at radius 2 is 2.29 bits per heavy atom. The number of fused-ring (bicyclic) bond motifs is 1. The second-order valence-electron chi connectivity index (χ2n) is 4.18. The van der Waals surface area contributed by atoms with Crippen LogP contribution in [-0.2, 0) is 23.0 Å². The number of unbranched alkanes of at least 4 members (excludes halogenated alkanes) is 1. The molecule has 2 heterocycles. The van der Waals surface area contributed by atoms with Crippen LogP contribution in [0.5, 0.6) is 0 Å². The zero-order valence-corrected chi connectivity index (χ0v) is 10.7. The third-order valence-corrected chi connectivity index (χ3v) is 4.77. The molecule has 0 fully saturated rings. The molecule has 2 N–H and O–H groups in total. The fourth-order valence-corrected chi connectivity index (χ4v) is 3.48. The summed E-state index contributed by atoms with van der Waals surface area (Å²) in [5, 5.41) is 0. The van der Waals surface area contributed by atoms with Crippen LogP contribution in [0.1, 0.15) is 31.2 Å². The first-order chi connectivity index (χ1) is 8.03. The minimum Gasteiger partial charge on any atom is -0.427 e. The van der Waals surface area contributed by atoms with Crippen molar-refractivity contribution in [3.63, 3.8) is 0 Å². The van der Waals surface area contributed by atoms with Crippen LogP contribution in [-0.4, -0.2) is 30.0 Å². The number of anilines is 1. The van der Waals surface area contributed by atoms with Gasteiger partial charge in [0.1, 0.15) is 5.76 Å². The Morgan fingerprint density at radius 3 is 3.00 bits per heavy atom. The lowest BCUT2D eigenvalue weighted by Gasteiger charge is -2.24. The van der Waals surface area contributed by atoms with Crippen molar-refractivity contribution >= 4 is 16.0 Å². The first-order valence-electron chi connectivity index (χ1n) is 5.75. The maximum absolute atomic E-state index is 12.0. The van der Waals surface area contributed by atoms with Gasteiger partial charge in [0, 0.05) is 13.0 Å². The van der Waals surface area contributed by atoms with E-state index in [0.29, 0.717) is 25.1 Å². The molecule has 1 aliphatic heterocycles. The summed E-state index contributed by atoms with van der Waals surface area (Å²) in [7, 11) is -3.17. The molecule has 0 saturated heterocycles. The fraction of sp³-hybridized carbons (Fsp3) is 0.700. The van der Waals surface area contributed by atoms with Crippen molar-refractivity contribution in [1.82, 2.24) is 9.29 Å². The van der Waals surface area contributed by atoms with E-state index in [1.165, 1.54) is 4.31 Å². The molecule has 0 amide bonds. The summed E-state index contributed by atoms with van der Waals surface area (Å²) in [5.41, 5.74) is 6.23. The molecule has 1 aromatic heterocycles. The largest absolute Gasteiger partial charge is 0.427 e. The van der Waals surface area contributed by atoms with Gasteiger partial charge in [0.2, 0.25) is 10.0 Å². The Morgan fingerprint density at radius 1 is 1.53 bits per heavy atom. The molecule has 96 valence electrons. The topological polar surface area (TPSA) is 89.4 Å². The lowest BCUT2D eigenvalue weighted by atomic mass is 10.2. The lowest BCUT2D eigenvalue weighted by Crippen LogP contribution is -2.37. The zero-order chi connectivity index (χ0) is 12.5. The predicted molar refractivity (Wildman–Crippen MR) is 63.7 cm³/mol. The molecule has 2 rings (SSSR count). The van der Waals surface area contributed by atoms with E-state index >= 15 is 0 Å². The number of nitrogens with zero attached hydrogens (tertiary/aromatic N) is 2. The van der Waals surface area contributed by atoms with E-state index < -0.39 is 10.0 Å². The Hall–Kier alpha value is -1.08. The van der Waals surface area contributed by atoms with Gasteiger partial charge in [0.05, 0.1) is 18.0 Å². The molecular weight excluding hydrogens is 242 g/mol. The second kappa shape index (κ2) is 4.66. The minimum atomic E-state index is -3.17. The van der Waals surface area contributed by atoms with Crippen molar-refractivity contribution in [2.45, 2.75) is 32.7 Å². The van der Waals surface area contributed by atoms with Crippen molar-refractivity contribution in [1.29, 1.82) is 0 Å². The number of rotatable bonds is 4. The lowest BCUT2D eigenvalue weighted by molar-refractivity contribution is 0.346. The van der Waals surface area contributed by atoms with Gasteiger partial charge in [0.25, 0.3) is 6.01 Å². The maximum Gasteiger partial charge on any atom is 0.292 e. The van der Waals surface area contributed by atoms with Crippen LogP contribution >= 0.6 is 0 Å². The van der Waals surface area contributed by atoms with Gasteiger partial charge in [-0.25, -0.2) is 8.42 Å². The molecule has 6 nitrogen and oxygen atoms in total. The van der Waals surface area contributed by atoms with Crippen LogP contribution in [0, 0.1) is 0 Å². The Kier molecular flexibility index (Phi) is 3.39. The van der Waals surface area contributed by atoms with Crippen molar-refractivity contribution in [2.75, 3.05) is 18.0 Å². The molecule has 0 unspecified atom stereocenters. The molecule has 0 radical (unpaired) electrons. The number of sulfonamides is 1. The quantitative estimate of drug-likeness (QED) is 0.861. The van der Waals surface area contributed by atoms with E-state index in [1.54, 1.807) is 0 Å². The number of nitrogen functional groups attached to an aromatic ring is 1. The first-order valence-corrected chi connectivity index (χ1v) is 7.35. The predicted octanol–water partition coefficient (Wildman–Crippen LogP) is 0.745. The van der Waals surface area contributed by atoms with E-state index in [2.05, 4.69) is 4.98 Å². The van der Waals surface area contributed by atoms with Crippen molar-refractivity contribution in [3.05, 3.63) is 11.5 Å². The number of oxazole rings is 1. The monoisotopic (exact) mass is 259 g/mol. The zero-order valence-electron chi connectivity index (χ0n) is 9.85. The molecule has 1 aromatic rings. The van der Waals surface area contributed by atoms with Gasteiger partial charge in [-0.15, -0.1) is 0 Å². The molecule has 0 atom stereocenters. The number of nitrogens with two attached hydrogens (primary N) is 1. The van der Waals surface area contributed by atoms with Crippen molar-refractivity contribution < 1.29 is 12.8 Å². The summed E-state index contributed by atoms with van der Waals surface area (Å²) in [4.78, 5) is 4.02. The number of hydrogen-bond donors (Lipinski definition) is 1. The summed E-state index contributed by atoms with van der Waals surface area (Å²) in [5.74, 6) is 0.774. The van der Waals surface area contributed by atoms with Crippen molar-refractivity contribution in [2.24, 2.45) is 0 Å². The van der Waals surface area contributed by atoms with Gasteiger partial charge in [0.15, 0.2) is 0 Å². The first kappa shape index (κ1) is 12.4. The number of aromatic nitrogens is 1. The van der Waals surface area contributed by atoms with E-state index in [1.807, 2.05) is 6.92 Å². The van der Waals surface area contributed by atoms with Crippen molar-refractivity contribution in [3.8, 4) is 0 Å². The summed E-state index contributed by atoms with van der Waals surface area (Å²) < 4.78 is 30.6. The van der Waals surface area contributed by atoms with Crippen LogP contribution in [0.2, 0.25) is 0 Å². The Labute approximate surface area is 101 Å². The standard InChI is InChI=1S/C10H17N3O3S/c1-2-3-6-17(14,15)13-5-4-8-9(7-13)16-10(11)12-8/h2-7H2,1H3,(H2,11,12). The summed E-state index contributed by atoms with van der Waals surface area (Å²) in [6.45, 7) is 2.69. The van der Waals surface area contributed by atoms with Gasteiger partial charge in [-0.1, -0.05) is 13.3 Å². The van der Waals surface area contributed by atoms with Crippen LogP contribution in [0.25, 0.3) is 0 Å². The SMILES string of the molecule is CCCCS(=O)(=O)N1CCc2nc(N)oc2C1. The third kappa shape index (κ3) is 2.61. The minimum absolute atomic E-state index is 0.114. The van der Waals surface area contributed by atoms with E-state index in [4.69, 9.17) is 10.2 Å². The van der Waals surface area contributed by atoms with Crippen LogP contribution in [0.3, 0.4) is 0 Å². The normalized spacial score (nSPS) is 17.0. The highest BCUT2D eigenvalue weighted by atomic mass is 32.2. The van der Waals surface area contributed by atoms with Gasteiger partial charge in [-0.2, -0.15) is 9.29 Å². The fourth-order valence-electron chi connectivity index (χ4n) is 1.89. The van der Waals surface area contributed by atoms with Crippen LogP contribution < -0.4 is 5.73 Å².